The molecule has 0 amide bonds. The molecule has 1 aromatic heterocycles. The summed E-state index contributed by atoms with van der Waals surface area (Å²) >= 11 is 0. The summed E-state index contributed by atoms with van der Waals surface area (Å²) in [5.74, 6) is 0.775. The van der Waals surface area contributed by atoms with Gasteiger partial charge in [-0.2, -0.15) is 0 Å². The first-order valence-electron chi connectivity index (χ1n) is 9.46. The molecule has 0 saturated heterocycles. The molecule has 0 fully saturated rings. The molecule has 0 spiro atoms. The lowest BCUT2D eigenvalue weighted by Gasteiger charge is -2.17. The van der Waals surface area contributed by atoms with Crippen molar-refractivity contribution in [2.24, 2.45) is 0 Å². The average molecular weight is 415 g/mol. The highest BCUT2D eigenvalue weighted by Crippen LogP contribution is 2.34. The Kier molecular flexibility index (Phi) is 6.10. The van der Waals surface area contributed by atoms with Crippen molar-refractivity contribution in [1.29, 1.82) is 0 Å². The highest BCUT2D eigenvalue weighted by molar-refractivity contribution is 7.93. The van der Waals surface area contributed by atoms with Crippen molar-refractivity contribution in [3.05, 3.63) is 64.9 Å². The number of anilines is 1. The molecule has 0 aliphatic heterocycles. The van der Waals surface area contributed by atoms with Crippen molar-refractivity contribution in [2.75, 3.05) is 4.72 Å². The second-order valence-corrected chi connectivity index (χ2v) is 8.91. The number of hydrogen-bond acceptors (Lipinski definition) is 5. The molecule has 0 bridgehead atoms. The van der Waals surface area contributed by atoms with E-state index in [0.717, 1.165) is 11.1 Å². The van der Waals surface area contributed by atoms with Crippen molar-refractivity contribution >= 4 is 15.8 Å². The first kappa shape index (κ1) is 21.1. The molecule has 0 atom stereocenters. The van der Waals surface area contributed by atoms with Gasteiger partial charge in [-0.25, -0.2) is 8.42 Å². The molecule has 7 heteroatoms. The zero-order valence-electron chi connectivity index (χ0n) is 17.3. The van der Waals surface area contributed by atoms with E-state index in [4.69, 9.17) is 9.26 Å². The van der Waals surface area contributed by atoms with Crippen molar-refractivity contribution in [3.63, 3.8) is 0 Å². The average Bonchev–Trinajstić information content (AvgIpc) is 2.97. The summed E-state index contributed by atoms with van der Waals surface area (Å²) in [6, 6.07) is 13.1. The van der Waals surface area contributed by atoms with Crippen LogP contribution >= 0.6 is 0 Å². The fourth-order valence-corrected chi connectivity index (χ4v) is 4.58. The van der Waals surface area contributed by atoms with Crippen LogP contribution in [0.5, 0.6) is 0 Å². The van der Waals surface area contributed by atoms with E-state index in [2.05, 4.69) is 9.88 Å². The number of nitrogens with one attached hydrogen (secondary N) is 1. The third kappa shape index (κ3) is 4.52. The van der Waals surface area contributed by atoms with Crippen LogP contribution in [-0.4, -0.2) is 19.7 Å². The number of hydrogen-bond donors (Lipinski definition) is 1. The van der Waals surface area contributed by atoms with Gasteiger partial charge in [0.2, 0.25) is 0 Å². The minimum Gasteiger partial charge on any atom is -0.374 e. The standard InChI is InChI=1S/C22H26N2O4S/c1-14(2)27-13-18-10-6-7-11-19(18)20-12-8-9-15(3)21(20)29(25,26)24-22-16(4)17(5)28-23-22/h6-12,14H,13H2,1-5H3,(H,23,24). The van der Waals surface area contributed by atoms with E-state index in [1.807, 2.05) is 50.2 Å². The number of rotatable bonds is 7. The minimum atomic E-state index is -3.89. The van der Waals surface area contributed by atoms with Gasteiger partial charge in [0.15, 0.2) is 5.82 Å². The molecule has 0 radical (unpaired) electrons. The number of sulfonamides is 1. The highest BCUT2D eigenvalue weighted by atomic mass is 32.2. The first-order valence-corrected chi connectivity index (χ1v) is 10.9. The van der Waals surface area contributed by atoms with E-state index in [1.165, 1.54) is 0 Å². The van der Waals surface area contributed by atoms with Crippen molar-refractivity contribution in [1.82, 2.24) is 5.16 Å². The molecule has 0 saturated carbocycles. The number of benzene rings is 2. The SMILES string of the molecule is Cc1cccc(-c2ccccc2COC(C)C)c1S(=O)(=O)Nc1noc(C)c1C. The summed E-state index contributed by atoms with van der Waals surface area (Å²) in [5, 5.41) is 3.84. The summed E-state index contributed by atoms with van der Waals surface area (Å²) in [7, 11) is -3.89. The second kappa shape index (κ2) is 8.39. The summed E-state index contributed by atoms with van der Waals surface area (Å²) < 4.78 is 40.1. The normalized spacial score (nSPS) is 11.8. The Hall–Kier alpha value is -2.64. The quantitative estimate of drug-likeness (QED) is 0.589. The van der Waals surface area contributed by atoms with Gasteiger partial charge in [-0.05, 0) is 51.3 Å². The highest BCUT2D eigenvalue weighted by Gasteiger charge is 2.25. The Morgan fingerprint density at radius 3 is 2.38 bits per heavy atom. The number of nitrogens with zero attached hydrogens (tertiary/aromatic N) is 1. The van der Waals surface area contributed by atoms with Crippen LogP contribution < -0.4 is 4.72 Å². The van der Waals surface area contributed by atoms with Gasteiger partial charge in [0, 0.05) is 11.1 Å². The van der Waals surface area contributed by atoms with Gasteiger partial charge < -0.3 is 9.26 Å². The molecule has 6 nitrogen and oxygen atoms in total. The lowest BCUT2D eigenvalue weighted by molar-refractivity contribution is 0.0660. The zero-order chi connectivity index (χ0) is 21.2. The van der Waals surface area contributed by atoms with E-state index in [1.54, 1.807) is 26.8 Å². The molecule has 0 aliphatic rings. The lowest BCUT2D eigenvalue weighted by Crippen LogP contribution is -2.16. The van der Waals surface area contributed by atoms with Gasteiger partial charge in [0.25, 0.3) is 10.0 Å². The summed E-state index contributed by atoms with van der Waals surface area (Å²) in [4.78, 5) is 0.219. The molecule has 3 rings (SSSR count). The van der Waals surface area contributed by atoms with Gasteiger partial charge in [-0.1, -0.05) is 47.6 Å². The van der Waals surface area contributed by atoms with E-state index in [-0.39, 0.29) is 16.8 Å². The van der Waals surface area contributed by atoms with Gasteiger partial charge in [0.1, 0.15) is 5.76 Å². The number of aromatic nitrogens is 1. The molecule has 29 heavy (non-hydrogen) atoms. The summed E-state index contributed by atoms with van der Waals surface area (Å²) in [5.41, 5.74) is 3.68. The molecular formula is C22H26N2O4S. The van der Waals surface area contributed by atoms with E-state index >= 15 is 0 Å². The Morgan fingerprint density at radius 2 is 1.72 bits per heavy atom. The van der Waals surface area contributed by atoms with Gasteiger partial charge in [-0.15, -0.1) is 0 Å². The summed E-state index contributed by atoms with van der Waals surface area (Å²) in [6.07, 6.45) is 0.0730. The van der Waals surface area contributed by atoms with Crippen LogP contribution in [0, 0.1) is 20.8 Å². The molecule has 0 aliphatic carbocycles. The van der Waals surface area contributed by atoms with Crippen LogP contribution in [0.15, 0.2) is 51.9 Å². The van der Waals surface area contributed by atoms with Crippen LogP contribution in [0.1, 0.15) is 36.3 Å². The van der Waals surface area contributed by atoms with Crippen LogP contribution in [-0.2, 0) is 21.4 Å². The van der Waals surface area contributed by atoms with Crippen LogP contribution in [0.25, 0.3) is 11.1 Å². The van der Waals surface area contributed by atoms with Crippen LogP contribution in [0.3, 0.4) is 0 Å². The monoisotopic (exact) mass is 414 g/mol. The number of aryl methyl sites for hydroxylation is 2. The molecule has 154 valence electrons. The Bertz CT molecular complexity index is 1120. The maximum Gasteiger partial charge on any atom is 0.264 e. The van der Waals surface area contributed by atoms with Gasteiger partial charge in [0.05, 0.1) is 17.6 Å². The predicted octanol–water partition coefficient (Wildman–Crippen LogP) is 4.99. The van der Waals surface area contributed by atoms with Crippen molar-refractivity contribution in [2.45, 2.75) is 52.2 Å². The minimum absolute atomic E-state index is 0.0730. The van der Waals surface area contributed by atoms with Crippen LogP contribution in [0.4, 0.5) is 5.82 Å². The zero-order valence-corrected chi connectivity index (χ0v) is 18.1. The maximum absolute atomic E-state index is 13.3. The summed E-state index contributed by atoms with van der Waals surface area (Å²) in [6.45, 7) is 9.63. The van der Waals surface area contributed by atoms with Gasteiger partial charge in [-0.3, -0.25) is 4.72 Å². The second-order valence-electron chi connectivity index (χ2n) is 7.29. The van der Waals surface area contributed by atoms with Gasteiger partial charge >= 0.3 is 0 Å². The molecule has 2 aromatic carbocycles. The van der Waals surface area contributed by atoms with Crippen molar-refractivity contribution < 1.29 is 17.7 Å². The van der Waals surface area contributed by atoms with E-state index < -0.39 is 10.0 Å². The Morgan fingerprint density at radius 1 is 1.03 bits per heavy atom. The molecule has 1 heterocycles. The molecule has 3 aromatic rings. The number of ether oxygens (including phenoxy) is 1. The maximum atomic E-state index is 13.3. The molecule has 1 N–H and O–H groups in total. The van der Waals surface area contributed by atoms with Crippen LogP contribution in [0.2, 0.25) is 0 Å². The molecular weight excluding hydrogens is 388 g/mol. The van der Waals surface area contributed by atoms with Crippen molar-refractivity contribution in [3.8, 4) is 11.1 Å². The Labute approximate surface area is 171 Å². The first-order chi connectivity index (χ1) is 13.7. The smallest absolute Gasteiger partial charge is 0.264 e. The fourth-order valence-electron chi connectivity index (χ4n) is 3.08. The third-order valence-corrected chi connectivity index (χ3v) is 6.29. The predicted molar refractivity (Wildman–Crippen MR) is 113 cm³/mol. The lowest BCUT2D eigenvalue weighted by atomic mass is 9.98. The van der Waals surface area contributed by atoms with E-state index in [0.29, 0.717) is 29.1 Å². The third-order valence-electron chi connectivity index (χ3n) is 4.75. The largest absolute Gasteiger partial charge is 0.374 e. The fraction of sp³-hybridized carbons (Fsp3) is 0.318. The van der Waals surface area contributed by atoms with E-state index in [9.17, 15) is 8.42 Å². The molecule has 0 unspecified atom stereocenters. The topological polar surface area (TPSA) is 81.4 Å². The Balaban J connectivity index is 2.10.